The normalized spacial score (nSPS) is 14.7. The number of rotatable bonds is 6. The number of carbonyl (C=O) groups is 1. The van der Waals surface area contributed by atoms with Crippen molar-refractivity contribution in [3.63, 3.8) is 0 Å². The van der Waals surface area contributed by atoms with Gasteiger partial charge in [-0.15, -0.1) is 0 Å². The monoisotopic (exact) mass is 243 g/mol. The van der Waals surface area contributed by atoms with Crippen LogP contribution in [0.25, 0.3) is 0 Å². The Kier molecular flexibility index (Phi) is 4.37. The van der Waals surface area contributed by atoms with Crippen LogP contribution in [0.2, 0.25) is 0 Å². The van der Waals surface area contributed by atoms with Crippen LogP contribution in [0.3, 0.4) is 0 Å². The van der Waals surface area contributed by atoms with Crippen molar-refractivity contribution in [3.8, 4) is 0 Å². The predicted octanol–water partition coefficient (Wildman–Crippen LogP) is 1.06. The molecule has 4 N–H and O–H groups in total. The van der Waals surface area contributed by atoms with E-state index in [1.807, 2.05) is 6.92 Å². The second-order valence-corrected chi connectivity index (χ2v) is 5.03. The molecular weight excluding hydrogens is 226 g/mol. The quantitative estimate of drug-likeness (QED) is 0.575. The van der Waals surface area contributed by atoms with Gasteiger partial charge in [-0.3, -0.25) is 4.79 Å². The molecule has 0 aromatic carbocycles. The molecule has 90 valence electrons. The number of hydrogen-bond acceptors (Lipinski definition) is 5. The molecule has 0 saturated heterocycles. The van der Waals surface area contributed by atoms with Crippen LogP contribution in [-0.2, 0) is 4.79 Å². The Balaban J connectivity index is 2.24. The number of nitrogens with two attached hydrogens (primary N) is 2. The minimum absolute atomic E-state index is 0.468. The van der Waals surface area contributed by atoms with Gasteiger partial charge in [0.2, 0.25) is 5.91 Å². The molecule has 1 heterocycles. The molecule has 1 rings (SSSR count). The lowest BCUT2D eigenvalue weighted by molar-refractivity contribution is -0.122. The Hall–Kier alpha value is -1.01. The molecule has 6 heteroatoms. The van der Waals surface area contributed by atoms with E-state index < -0.39 is 11.4 Å². The van der Waals surface area contributed by atoms with Crippen LogP contribution in [0.1, 0.15) is 25.5 Å². The number of thioether (sulfide) groups is 1. The van der Waals surface area contributed by atoms with Crippen LogP contribution in [0.15, 0.2) is 15.9 Å². The Labute approximate surface area is 99.0 Å². The number of amides is 1. The van der Waals surface area contributed by atoms with Gasteiger partial charge >= 0.3 is 0 Å². The molecule has 1 amide bonds. The lowest BCUT2D eigenvalue weighted by atomic mass is 9.97. The van der Waals surface area contributed by atoms with Gasteiger partial charge in [-0.05, 0) is 26.7 Å². The predicted molar refractivity (Wildman–Crippen MR) is 63.0 cm³/mol. The van der Waals surface area contributed by atoms with Gasteiger partial charge in [0.05, 0.1) is 11.2 Å². The second-order valence-electron chi connectivity index (χ2n) is 3.99. The number of nitrogens with zero attached hydrogens (tertiary/aromatic N) is 1. The highest BCUT2D eigenvalue weighted by Crippen LogP contribution is 2.19. The Morgan fingerprint density at radius 3 is 2.88 bits per heavy atom. The number of aromatic nitrogens is 1. The number of hydrogen-bond donors (Lipinski definition) is 2. The summed E-state index contributed by atoms with van der Waals surface area (Å²) >= 11 is 1.51. The third kappa shape index (κ3) is 3.86. The molecule has 0 aliphatic carbocycles. The van der Waals surface area contributed by atoms with E-state index in [0.29, 0.717) is 11.6 Å². The zero-order valence-corrected chi connectivity index (χ0v) is 10.3. The van der Waals surface area contributed by atoms with Crippen LogP contribution < -0.4 is 11.5 Å². The number of aryl methyl sites for hydroxylation is 1. The first-order valence-electron chi connectivity index (χ1n) is 5.05. The Bertz CT molecular complexity index is 363. The molecule has 0 spiro atoms. The molecule has 0 saturated carbocycles. The molecule has 1 aromatic heterocycles. The zero-order valence-electron chi connectivity index (χ0n) is 9.53. The van der Waals surface area contributed by atoms with Crippen LogP contribution in [0, 0.1) is 6.92 Å². The maximum atomic E-state index is 10.9. The van der Waals surface area contributed by atoms with Gasteiger partial charge in [0.1, 0.15) is 6.26 Å². The fourth-order valence-corrected chi connectivity index (χ4v) is 1.91. The summed E-state index contributed by atoms with van der Waals surface area (Å²) < 4.78 is 5.17. The van der Waals surface area contributed by atoms with Crippen molar-refractivity contribution < 1.29 is 9.21 Å². The minimum atomic E-state index is -0.924. The van der Waals surface area contributed by atoms with Gasteiger partial charge in [0.25, 0.3) is 5.22 Å². The second kappa shape index (κ2) is 5.36. The number of carbonyl (C=O) groups excluding carboxylic acids is 1. The van der Waals surface area contributed by atoms with Crippen LogP contribution in [0.5, 0.6) is 0 Å². The molecule has 1 atom stereocenters. The molecule has 16 heavy (non-hydrogen) atoms. The van der Waals surface area contributed by atoms with Crippen molar-refractivity contribution in [1.82, 2.24) is 4.98 Å². The van der Waals surface area contributed by atoms with Gasteiger partial charge in [-0.1, -0.05) is 11.8 Å². The highest BCUT2D eigenvalue weighted by atomic mass is 32.2. The summed E-state index contributed by atoms with van der Waals surface area (Å²) in [5.41, 5.74) is 10.8. The molecular formula is C10H17N3O2S. The summed E-state index contributed by atoms with van der Waals surface area (Å²) in [6.45, 7) is 3.52. The summed E-state index contributed by atoms with van der Waals surface area (Å²) in [7, 11) is 0. The van der Waals surface area contributed by atoms with E-state index in [1.54, 1.807) is 13.2 Å². The first kappa shape index (κ1) is 13.1. The summed E-state index contributed by atoms with van der Waals surface area (Å²) in [6.07, 6.45) is 2.97. The SMILES string of the molecule is Cc1coc(SCCCC(C)(N)C(N)=O)n1. The first-order chi connectivity index (χ1) is 7.42. The molecule has 0 aliphatic heterocycles. The first-order valence-corrected chi connectivity index (χ1v) is 6.04. The van der Waals surface area contributed by atoms with Crippen molar-refractivity contribution >= 4 is 17.7 Å². The third-order valence-corrected chi connectivity index (χ3v) is 3.15. The molecule has 1 aromatic rings. The lowest BCUT2D eigenvalue weighted by Gasteiger charge is -2.19. The summed E-state index contributed by atoms with van der Waals surface area (Å²) in [5.74, 6) is 0.337. The zero-order chi connectivity index (χ0) is 12.2. The molecule has 0 bridgehead atoms. The van der Waals surface area contributed by atoms with Gasteiger partial charge in [0.15, 0.2) is 0 Å². The van der Waals surface area contributed by atoms with Crippen molar-refractivity contribution in [2.75, 3.05) is 5.75 Å². The fourth-order valence-electron chi connectivity index (χ4n) is 1.12. The minimum Gasteiger partial charge on any atom is -0.440 e. The maximum Gasteiger partial charge on any atom is 0.255 e. The topological polar surface area (TPSA) is 95.1 Å². The van der Waals surface area contributed by atoms with Crippen LogP contribution in [-0.4, -0.2) is 22.2 Å². The standard InChI is InChI=1S/C10H17N3O2S/c1-7-6-15-9(13-7)16-5-3-4-10(2,12)8(11)14/h6H,3-5,12H2,1-2H3,(H2,11,14). The largest absolute Gasteiger partial charge is 0.440 e. The van der Waals surface area contributed by atoms with E-state index >= 15 is 0 Å². The summed E-state index contributed by atoms with van der Waals surface area (Å²) in [4.78, 5) is 15.1. The molecule has 1 unspecified atom stereocenters. The van der Waals surface area contributed by atoms with Crippen LogP contribution in [0.4, 0.5) is 0 Å². The average molecular weight is 243 g/mol. The molecule has 0 aliphatic rings. The third-order valence-electron chi connectivity index (χ3n) is 2.23. The fraction of sp³-hybridized carbons (Fsp3) is 0.600. The van der Waals surface area contributed by atoms with Crippen molar-refractivity contribution in [3.05, 3.63) is 12.0 Å². The Morgan fingerprint density at radius 2 is 2.38 bits per heavy atom. The lowest BCUT2D eigenvalue weighted by Crippen LogP contribution is -2.49. The van der Waals surface area contributed by atoms with E-state index in [4.69, 9.17) is 15.9 Å². The van der Waals surface area contributed by atoms with E-state index in [0.717, 1.165) is 17.9 Å². The average Bonchev–Trinajstić information content (AvgIpc) is 2.59. The van der Waals surface area contributed by atoms with E-state index in [1.165, 1.54) is 11.8 Å². The van der Waals surface area contributed by atoms with E-state index in [-0.39, 0.29) is 0 Å². The van der Waals surface area contributed by atoms with Crippen molar-refractivity contribution in [2.24, 2.45) is 11.5 Å². The van der Waals surface area contributed by atoms with Gasteiger partial charge in [-0.2, -0.15) is 0 Å². The molecule has 5 nitrogen and oxygen atoms in total. The van der Waals surface area contributed by atoms with Crippen LogP contribution >= 0.6 is 11.8 Å². The van der Waals surface area contributed by atoms with Gasteiger partial charge in [-0.25, -0.2) is 4.98 Å². The molecule has 0 radical (unpaired) electrons. The van der Waals surface area contributed by atoms with Crippen molar-refractivity contribution in [1.29, 1.82) is 0 Å². The number of primary amides is 1. The van der Waals surface area contributed by atoms with Crippen molar-refractivity contribution in [2.45, 2.75) is 37.5 Å². The smallest absolute Gasteiger partial charge is 0.255 e. The van der Waals surface area contributed by atoms with Gasteiger partial charge < -0.3 is 15.9 Å². The summed E-state index contributed by atoms with van der Waals surface area (Å²) in [6, 6.07) is 0. The molecule has 0 fully saturated rings. The van der Waals surface area contributed by atoms with E-state index in [9.17, 15) is 4.79 Å². The Morgan fingerprint density at radius 1 is 1.69 bits per heavy atom. The summed E-state index contributed by atoms with van der Waals surface area (Å²) in [5, 5.41) is 0.648. The highest BCUT2D eigenvalue weighted by Gasteiger charge is 2.24. The van der Waals surface area contributed by atoms with Gasteiger partial charge in [0, 0.05) is 5.75 Å². The maximum absolute atomic E-state index is 10.9. The number of oxazole rings is 1. The van der Waals surface area contributed by atoms with E-state index in [2.05, 4.69) is 4.98 Å². The highest BCUT2D eigenvalue weighted by molar-refractivity contribution is 7.99.